The summed E-state index contributed by atoms with van der Waals surface area (Å²) in [5.41, 5.74) is 0. The second-order valence-electron chi connectivity index (χ2n) is 6.59. The minimum atomic E-state index is 0.782. The molecular formula is C16H33N. The van der Waals surface area contributed by atoms with Gasteiger partial charge in [-0.15, -0.1) is 0 Å². The van der Waals surface area contributed by atoms with Gasteiger partial charge in [0.2, 0.25) is 0 Å². The van der Waals surface area contributed by atoms with Crippen molar-refractivity contribution < 1.29 is 0 Å². The van der Waals surface area contributed by atoms with Crippen molar-refractivity contribution in [2.24, 2.45) is 17.8 Å². The first-order chi connectivity index (χ1) is 8.18. The molecule has 1 heteroatoms. The molecule has 0 aliphatic heterocycles. The molecule has 1 aliphatic carbocycles. The van der Waals surface area contributed by atoms with E-state index in [4.69, 9.17) is 0 Å². The topological polar surface area (TPSA) is 12.0 Å². The van der Waals surface area contributed by atoms with Crippen molar-refractivity contribution in [3.8, 4) is 0 Å². The lowest BCUT2D eigenvalue weighted by molar-refractivity contribution is 0.318. The van der Waals surface area contributed by atoms with Crippen molar-refractivity contribution in [3.05, 3.63) is 0 Å². The maximum atomic E-state index is 3.57. The standard InChI is InChI=1S/C16H33N/c1-14(2)12-17-13-15(3)8-7-11-16-9-5-4-6-10-16/h14-17H,4-13H2,1-3H3. The zero-order valence-corrected chi connectivity index (χ0v) is 12.3. The van der Waals surface area contributed by atoms with E-state index in [1.165, 1.54) is 64.5 Å². The van der Waals surface area contributed by atoms with Crippen LogP contribution in [0.3, 0.4) is 0 Å². The Morgan fingerprint density at radius 1 is 1.00 bits per heavy atom. The zero-order valence-electron chi connectivity index (χ0n) is 12.3. The summed E-state index contributed by atoms with van der Waals surface area (Å²) in [4.78, 5) is 0. The van der Waals surface area contributed by atoms with Gasteiger partial charge in [0.25, 0.3) is 0 Å². The molecule has 0 radical (unpaired) electrons. The van der Waals surface area contributed by atoms with E-state index >= 15 is 0 Å². The van der Waals surface area contributed by atoms with Crippen LogP contribution in [0.5, 0.6) is 0 Å². The van der Waals surface area contributed by atoms with Crippen LogP contribution >= 0.6 is 0 Å². The summed E-state index contributed by atoms with van der Waals surface area (Å²) in [7, 11) is 0. The molecule has 0 saturated heterocycles. The lowest BCUT2D eigenvalue weighted by atomic mass is 9.85. The van der Waals surface area contributed by atoms with Crippen molar-refractivity contribution in [1.29, 1.82) is 0 Å². The van der Waals surface area contributed by atoms with E-state index in [2.05, 4.69) is 26.1 Å². The number of nitrogens with one attached hydrogen (secondary N) is 1. The Balaban J connectivity index is 1.93. The van der Waals surface area contributed by atoms with Crippen molar-refractivity contribution in [2.45, 2.75) is 72.1 Å². The van der Waals surface area contributed by atoms with Gasteiger partial charge in [0.1, 0.15) is 0 Å². The maximum absolute atomic E-state index is 3.57. The lowest BCUT2D eigenvalue weighted by Gasteiger charge is -2.22. The SMILES string of the molecule is CC(C)CNCC(C)CCCC1CCCCC1. The van der Waals surface area contributed by atoms with Crippen LogP contribution in [0, 0.1) is 17.8 Å². The van der Waals surface area contributed by atoms with E-state index in [-0.39, 0.29) is 0 Å². The van der Waals surface area contributed by atoms with E-state index in [1.807, 2.05) is 0 Å². The number of hydrogen-bond acceptors (Lipinski definition) is 1. The van der Waals surface area contributed by atoms with Gasteiger partial charge >= 0.3 is 0 Å². The highest BCUT2D eigenvalue weighted by Gasteiger charge is 2.13. The van der Waals surface area contributed by atoms with Gasteiger partial charge in [-0.25, -0.2) is 0 Å². The third-order valence-corrected chi connectivity index (χ3v) is 4.08. The fraction of sp³-hybridized carbons (Fsp3) is 1.00. The van der Waals surface area contributed by atoms with Gasteiger partial charge in [-0.1, -0.05) is 65.7 Å². The Morgan fingerprint density at radius 3 is 2.35 bits per heavy atom. The van der Waals surface area contributed by atoms with Crippen molar-refractivity contribution in [1.82, 2.24) is 5.32 Å². The smallest absolute Gasteiger partial charge is 0.00230 e. The predicted molar refractivity (Wildman–Crippen MR) is 77.3 cm³/mol. The second kappa shape index (κ2) is 8.97. The van der Waals surface area contributed by atoms with Gasteiger partial charge in [0, 0.05) is 0 Å². The maximum Gasteiger partial charge on any atom is -0.00230 e. The molecule has 1 atom stereocenters. The quantitative estimate of drug-likeness (QED) is 0.652. The molecule has 0 aromatic carbocycles. The first-order valence-electron chi connectivity index (χ1n) is 7.89. The molecule has 0 spiro atoms. The molecule has 1 nitrogen and oxygen atoms in total. The van der Waals surface area contributed by atoms with Crippen molar-refractivity contribution in [2.75, 3.05) is 13.1 Å². The van der Waals surface area contributed by atoms with Crippen LogP contribution < -0.4 is 5.32 Å². The highest BCUT2D eigenvalue weighted by atomic mass is 14.9. The molecule has 102 valence electrons. The van der Waals surface area contributed by atoms with E-state index in [9.17, 15) is 0 Å². The fourth-order valence-corrected chi connectivity index (χ4v) is 2.95. The van der Waals surface area contributed by atoms with Gasteiger partial charge in [-0.05, 0) is 37.3 Å². The number of rotatable bonds is 8. The van der Waals surface area contributed by atoms with Crippen molar-refractivity contribution >= 4 is 0 Å². The highest BCUT2D eigenvalue weighted by Crippen LogP contribution is 2.28. The molecule has 1 aliphatic rings. The minimum Gasteiger partial charge on any atom is -0.316 e. The van der Waals surface area contributed by atoms with Crippen LogP contribution in [-0.4, -0.2) is 13.1 Å². The molecular weight excluding hydrogens is 206 g/mol. The molecule has 0 bridgehead atoms. The van der Waals surface area contributed by atoms with Crippen LogP contribution in [0.2, 0.25) is 0 Å². The number of hydrogen-bond donors (Lipinski definition) is 1. The zero-order chi connectivity index (χ0) is 12.5. The molecule has 0 aromatic rings. The average molecular weight is 239 g/mol. The monoisotopic (exact) mass is 239 g/mol. The van der Waals surface area contributed by atoms with Gasteiger partial charge in [-0.2, -0.15) is 0 Å². The molecule has 1 saturated carbocycles. The van der Waals surface area contributed by atoms with Gasteiger partial charge < -0.3 is 5.32 Å². The van der Waals surface area contributed by atoms with Crippen LogP contribution in [0.25, 0.3) is 0 Å². The Bertz CT molecular complexity index is 170. The van der Waals surface area contributed by atoms with E-state index < -0.39 is 0 Å². The Labute approximate surface area is 109 Å². The Hall–Kier alpha value is -0.0400. The van der Waals surface area contributed by atoms with Crippen LogP contribution in [0.1, 0.15) is 72.1 Å². The normalized spacial score (nSPS) is 19.8. The molecule has 0 amide bonds. The van der Waals surface area contributed by atoms with Crippen LogP contribution in [-0.2, 0) is 0 Å². The summed E-state index contributed by atoms with van der Waals surface area (Å²) in [6, 6.07) is 0. The molecule has 1 rings (SSSR count). The van der Waals surface area contributed by atoms with Crippen LogP contribution in [0.4, 0.5) is 0 Å². The summed E-state index contributed by atoms with van der Waals surface area (Å²) >= 11 is 0. The minimum absolute atomic E-state index is 0.782. The van der Waals surface area contributed by atoms with Crippen LogP contribution in [0.15, 0.2) is 0 Å². The second-order valence-corrected chi connectivity index (χ2v) is 6.59. The largest absolute Gasteiger partial charge is 0.316 e. The summed E-state index contributed by atoms with van der Waals surface area (Å²) in [5.74, 6) is 2.71. The Kier molecular flexibility index (Phi) is 7.92. The Morgan fingerprint density at radius 2 is 1.71 bits per heavy atom. The lowest BCUT2D eigenvalue weighted by Crippen LogP contribution is -2.25. The third-order valence-electron chi connectivity index (χ3n) is 4.08. The van der Waals surface area contributed by atoms with E-state index in [1.54, 1.807) is 0 Å². The summed E-state index contributed by atoms with van der Waals surface area (Å²) in [5, 5.41) is 3.57. The summed E-state index contributed by atoms with van der Waals surface area (Å²) in [6.07, 6.45) is 11.9. The first kappa shape index (κ1) is 15.0. The molecule has 17 heavy (non-hydrogen) atoms. The highest BCUT2D eigenvalue weighted by molar-refractivity contribution is 4.67. The van der Waals surface area contributed by atoms with E-state index in [0.717, 1.165) is 17.8 Å². The fourth-order valence-electron chi connectivity index (χ4n) is 2.95. The summed E-state index contributed by atoms with van der Waals surface area (Å²) < 4.78 is 0. The van der Waals surface area contributed by atoms with Gasteiger partial charge in [0.15, 0.2) is 0 Å². The summed E-state index contributed by atoms with van der Waals surface area (Å²) in [6.45, 7) is 9.34. The molecule has 1 N–H and O–H groups in total. The molecule has 1 fully saturated rings. The molecule has 1 unspecified atom stereocenters. The molecule has 0 heterocycles. The van der Waals surface area contributed by atoms with Gasteiger partial charge in [0.05, 0.1) is 0 Å². The molecule has 0 aromatic heterocycles. The predicted octanol–water partition coefficient (Wildman–Crippen LogP) is 4.62. The van der Waals surface area contributed by atoms with E-state index in [0.29, 0.717) is 0 Å². The average Bonchev–Trinajstić information content (AvgIpc) is 2.30. The van der Waals surface area contributed by atoms with Gasteiger partial charge in [-0.3, -0.25) is 0 Å². The first-order valence-corrected chi connectivity index (χ1v) is 7.89. The third kappa shape index (κ3) is 7.81. The van der Waals surface area contributed by atoms with Crippen molar-refractivity contribution in [3.63, 3.8) is 0 Å².